The van der Waals surface area contributed by atoms with Gasteiger partial charge in [-0.2, -0.15) is 4.98 Å². The molecular weight excluding hydrogens is 200 g/mol. The molecule has 1 aromatic rings. The third kappa shape index (κ3) is 2.06. The van der Waals surface area contributed by atoms with Crippen LogP contribution in [0.15, 0.2) is 0 Å². The molecule has 88 valence electrons. The summed E-state index contributed by atoms with van der Waals surface area (Å²) in [5.74, 6) is 2.84. The number of aromatic nitrogens is 3. The fourth-order valence-corrected chi connectivity index (χ4v) is 2.70. The molecule has 0 aromatic carbocycles. The van der Waals surface area contributed by atoms with E-state index < -0.39 is 0 Å². The van der Waals surface area contributed by atoms with Crippen molar-refractivity contribution >= 4 is 5.95 Å². The molecular formula is C12H20N4. The van der Waals surface area contributed by atoms with Crippen molar-refractivity contribution in [1.82, 2.24) is 15.2 Å². The summed E-state index contributed by atoms with van der Waals surface area (Å²) in [5, 5.41) is 7.39. The molecule has 2 aliphatic rings. The van der Waals surface area contributed by atoms with Gasteiger partial charge in [-0.25, -0.2) is 0 Å². The number of nitrogens with one attached hydrogen (secondary N) is 1. The smallest absolute Gasteiger partial charge is 0.244 e. The Morgan fingerprint density at radius 3 is 2.62 bits per heavy atom. The van der Waals surface area contributed by atoms with E-state index >= 15 is 0 Å². The summed E-state index contributed by atoms with van der Waals surface area (Å²) in [4.78, 5) is 6.82. The van der Waals surface area contributed by atoms with Gasteiger partial charge in [0, 0.05) is 19.5 Å². The van der Waals surface area contributed by atoms with E-state index in [-0.39, 0.29) is 0 Å². The molecule has 1 N–H and O–H groups in total. The molecule has 1 saturated carbocycles. The van der Waals surface area contributed by atoms with Crippen molar-refractivity contribution in [2.24, 2.45) is 5.92 Å². The van der Waals surface area contributed by atoms with Gasteiger partial charge in [0.2, 0.25) is 5.95 Å². The number of hydrogen-bond acceptors (Lipinski definition) is 3. The van der Waals surface area contributed by atoms with Crippen LogP contribution in [0, 0.1) is 5.92 Å². The monoisotopic (exact) mass is 220 g/mol. The van der Waals surface area contributed by atoms with E-state index in [1.165, 1.54) is 38.5 Å². The Kier molecular flexibility index (Phi) is 2.80. The summed E-state index contributed by atoms with van der Waals surface area (Å²) >= 11 is 0. The van der Waals surface area contributed by atoms with Crippen LogP contribution >= 0.6 is 0 Å². The highest BCUT2D eigenvalue weighted by atomic mass is 15.4. The Bertz CT molecular complexity index is 337. The van der Waals surface area contributed by atoms with Gasteiger partial charge in [0.25, 0.3) is 0 Å². The van der Waals surface area contributed by atoms with E-state index in [1.54, 1.807) is 0 Å². The zero-order chi connectivity index (χ0) is 10.8. The Morgan fingerprint density at radius 1 is 1.12 bits per heavy atom. The maximum atomic E-state index is 4.59. The minimum absolute atomic E-state index is 0.839. The first-order chi connectivity index (χ1) is 7.92. The predicted molar refractivity (Wildman–Crippen MR) is 63.5 cm³/mol. The van der Waals surface area contributed by atoms with Crippen molar-refractivity contribution in [2.45, 2.75) is 44.9 Å². The van der Waals surface area contributed by atoms with E-state index in [9.17, 15) is 0 Å². The standard InChI is InChI=1S/C12H20N4/c1-2-5-10(6-3-1)9-11-13-12(15-14-11)16-7-4-8-16/h10H,1-9H2,(H,13,14,15). The lowest BCUT2D eigenvalue weighted by Crippen LogP contribution is -2.37. The number of hydrogen-bond donors (Lipinski definition) is 1. The van der Waals surface area contributed by atoms with Crippen LogP contribution in [0.25, 0.3) is 0 Å². The lowest BCUT2D eigenvalue weighted by atomic mass is 9.87. The molecule has 0 amide bonds. The van der Waals surface area contributed by atoms with Crippen molar-refractivity contribution in [3.05, 3.63) is 5.82 Å². The van der Waals surface area contributed by atoms with Gasteiger partial charge in [0.1, 0.15) is 5.82 Å². The SMILES string of the molecule is C1CCC(Cc2nc(N3CCC3)n[nH]2)CC1. The lowest BCUT2D eigenvalue weighted by molar-refractivity contribution is 0.352. The highest BCUT2D eigenvalue weighted by molar-refractivity contribution is 5.31. The van der Waals surface area contributed by atoms with Crippen LogP contribution < -0.4 is 4.90 Å². The molecule has 0 radical (unpaired) electrons. The predicted octanol–water partition coefficient (Wildman–Crippen LogP) is 2.14. The Morgan fingerprint density at radius 2 is 1.94 bits per heavy atom. The fraction of sp³-hybridized carbons (Fsp3) is 0.833. The van der Waals surface area contributed by atoms with E-state index in [0.717, 1.165) is 37.2 Å². The van der Waals surface area contributed by atoms with Crippen molar-refractivity contribution in [1.29, 1.82) is 0 Å². The lowest BCUT2D eigenvalue weighted by Gasteiger charge is -2.29. The molecule has 4 nitrogen and oxygen atoms in total. The first kappa shape index (κ1) is 10.1. The maximum Gasteiger partial charge on any atom is 0.244 e. The van der Waals surface area contributed by atoms with Gasteiger partial charge >= 0.3 is 0 Å². The Labute approximate surface area is 96.4 Å². The zero-order valence-corrected chi connectivity index (χ0v) is 9.78. The van der Waals surface area contributed by atoms with Crippen LogP contribution in [0.3, 0.4) is 0 Å². The highest BCUT2D eigenvalue weighted by Crippen LogP contribution is 2.26. The first-order valence-electron chi connectivity index (χ1n) is 6.58. The second-order valence-corrected chi connectivity index (χ2v) is 5.13. The Balaban J connectivity index is 1.58. The number of rotatable bonds is 3. The summed E-state index contributed by atoms with van der Waals surface area (Å²) in [6.45, 7) is 2.25. The third-order valence-corrected chi connectivity index (χ3v) is 3.87. The van der Waals surface area contributed by atoms with Gasteiger partial charge in [-0.3, -0.25) is 5.10 Å². The van der Waals surface area contributed by atoms with Gasteiger partial charge < -0.3 is 4.90 Å². The van der Waals surface area contributed by atoms with Crippen molar-refractivity contribution in [3.8, 4) is 0 Å². The topological polar surface area (TPSA) is 44.8 Å². The molecule has 2 fully saturated rings. The quantitative estimate of drug-likeness (QED) is 0.848. The molecule has 1 saturated heterocycles. The Hall–Kier alpha value is -1.06. The van der Waals surface area contributed by atoms with Crippen LogP contribution in [0.5, 0.6) is 0 Å². The molecule has 0 bridgehead atoms. The second kappa shape index (κ2) is 4.44. The van der Waals surface area contributed by atoms with Crippen molar-refractivity contribution in [2.75, 3.05) is 18.0 Å². The van der Waals surface area contributed by atoms with Gasteiger partial charge in [-0.15, -0.1) is 5.10 Å². The van der Waals surface area contributed by atoms with Crippen LogP contribution in [-0.4, -0.2) is 28.3 Å². The molecule has 4 heteroatoms. The van der Waals surface area contributed by atoms with Crippen LogP contribution in [0.1, 0.15) is 44.3 Å². The van der Waals surface area contributed by atoms with Crippen molar-refractivity contribution < 1.29 is 0 Å². The van der Waals surface area contributed by atoms with E-state index in [0.29, 0.717) is 0 Å². The summed E-state index contributed by atoms with van der Waals surface area (Å²) < 4.78 is 0. The minimum Gasteiger partial charge on any atom is -0.339 e. The number of nitrogens with zero attached hydrogens (tertiary/aromatic N) is 3. The summed E-state index contributed by atoms with van der Waals surface area (Å²) in [7, 11) is 0. The first-order valence-corrected chi connectivity index (χ1v) is 6.58. The molecule has 1 aliphatic carbocycles. The van der Waals surface area contributed by atoms with Crippen LogP contribution in [0.2, 0.25) is 0 Å². The number of anilines is 1. The molecule has 0 unspecified atom stereocenters. The number of aromatic amines is 1. The second-order valence-electron chi connectivity index (χ2n) is 5.13. The van der Waals surface area contributed by atoms with Gasteiger partial charge in [-0.1, -0.05) is 32.1 Å². The summed E-state index contributed by atoms with van der Waals surface area (Å²) in [5.41, 5.74) is 0. The molecule has 0 spiro atoms. The molecule has 3 rings (SSSR count). The third-order valence-electron chi connectivity index (χ3n) is 3.87. The highest BCUT2D eigenvalue weighted by Gasteiger charge is 2.20. The summed E-state index contributed by atoms with van der Waals surface area (Å²) in [6, 6.07) is 0. The largest absolute Gasteiger partial charge is 0.339 e. The van der Waals surface area contributed by atoms with E-state index in [4.69, 9.17) is 0 Å². The van der Waals surface area contributed by atoms with Crippen molar-refractivity contribution in [3.63, 3.8) is 0 Å². The van der Waals surface area contributed by atoms with Crippen LogP contribution in [0.4, 0.5) is 5.95 Å². The average molecular weight is 220 g/mol. The van der Waals surface area contributed by atoms with Crippen LogP contribution in [-0.2, 0) is 6.42 Å². The molecule has 0 atom stereocenters. The summed E-state index contributed by atoms with van der Waals surface area (Å²) in [6.07, 6.45) is 9.36. The molecule has 1 aromatic heterocycles. The fourth-order valence-electron chi connectivity index (χ4n) is 2.70. The average Bonchev–Trinajstić information content (AvgIpc) is 2.65. The maximum absolute atomic E-state index is 4.59. The number of H-pyrrole nitrogens is 1. The minimum atomic E-state index is 0.839. The molecule has 2 heterocycles. The molecule has 16 heavy (non-hydrogen) atoms. The normalized spacial score (nSPS) is 22.1. The van der Waals surface area contributed by atoms with Gasteiger partial charge in [0.15, 0.2) is 0 Å². The van der Waals surface area contributed by atoms with E-state index in [1.807, 2.05) is 0 Å². The molecule has 1 aliphatic heterocycles. The zero-order valence-electron chi connectivity index (χ0n) is 9.78. The van der Waals surface area contributed by atoms with E-state index in [2.05, 4.69) is 20.1 Å². The van der Waals surface area contributed by atoms with Gasteiger partial charge in [-0.05, 0) is 12.3 Å². The van der Waals surface area contributed by atoms with Gasteiger partial charge in [0.05, 0.1) is 0 Å².